The summed E-state index contributed by atoms with van der Waals surface area (Å²) in [5, 5.41) is 0. The molecule has 0 aliphatic rings. The van der Waals surface area contributed by atoms with E-state index in [4.69, 9.17) is 5.73 Å². The Kier molecular flexibility index (Phi) is 8.57. The third kappa shape index (κ3) is 6.35. The number of hydrogen-bond donors (Lipinski definition) is 1. The lowest BCUT2D eigenvalue weighted by Crippen LogP contribution is -2.10. The molecule has 0 aliphatic carbocycles. The predicted molar refractivity (Wildman–Crippen MR) is 78.7 cm³/mol. The first-order valence-electron chi connectivity index (χ1n) is 6.88. The molecule has 0 aromatic carbocycles. The van der Waals surface area contributed by atoms with Crippen LogP contribution in [0.25, 0.3) is 0 Å². The molecular weight excluding hydrogens is 206 g/mol. The van der Waals surface area contributed by atoms with Gasteiger partial charge in [-0.05, 0) is 31.1 Å². The average Bonchev–Trinajstić information content (AvgIpc) is 2.33. The number of hydrogen-bond acceptors (Lipinski definition) is 1. The minimum absolute atomic E-state index is 0.510. The van der Waals surface area contributed by atoms with Crippen LogP contribution in [-0.4, -0.2) is 0 Å². The van der Waals surface area contributed by atoms with Gasteiger partial charge in [-0.2, -0.15) is 0 Å². The zero-order valence-electron chi connectivity index (χ0n) is 12.2. The summed E-state index contributed by atoms with van der Waals surface area (Å²) < 4.78 is 0. The average molecular weight is 235 g/mol. The van der Waals surface area contributed by atoms with E-state index in [0.29, 0.717) is 11.8 Å². The summed E-state index contributed by atoms with van der Waals surface area (Å²) in [7, 11) is 0. The van der Waals surface area contributed by atoms with Gasteiger partial charge in [-0.15, -0.1) is 0 Å². The maximum Gasteiger partial charge on any atom is 0.00401 e. The zero-order valence-corrected chi connectivity index (χ0v) is 12.2. The molecule has 0 heterocycles. The third-order valence-electron chi connectivity index (χ3n) is 3.35. The first-order chi connectivity index (χ1) is 8.06. The summed E-state index contributed by atoms with van der Waals surface area (Å²) in [6, 6.07) is 0. The van der Waals surface area contributed by atoms with Crippen molar-refractivity contribution in [3.8, 4) is 0 Å². The predicted octanol–water partition coefficient (Wildman–Crippen LogP) is 4.81. The molecule has 1 nitrogen and oxygen atoms in total. The molecule has 98 valence electrons. The van der Waals surface area contributed by atoms with Crippen LogP contribution in [0.2, 0.25) is 0 Å². The van der Waals surface area contributed by atoms with E-state index in [1.165, 1.54) is 5.57 Å². The number of allylic oxidation sites excluding steroid dienone is 6. The van der Waals surface area contributed by atoms with Crippen molar-refractivity contribution in [1.82, 2.24) is 0 Å². The lowest BCUT2D eigenvalue weighted by molar-refractivity contribution is 0.513. The smallest absolute Gasteiger partial charge is 0.00401 e. The minimum atomic E-state index is 0.510. The number of rotatable bonds is 7. The van der Waals surface area contributed by atoms with Crippen molar-refractivity contribution in [3.63, 3.8) is 0 Å². The molecule has 0 aromatic rings. The zero-order chi connectivity index (χ0) is 13.3. The molecule has 0 aromatic heterocycles. The van der Waals surface area contributed by atoms with Crippen LogP contribution in [0.1, 0.15) is 53.9 Å². The van der Waals surface area contributed by atoms with Gasteiger partial charge in [0.1, 0.15) is 0 Å². The maximum atomic E-state index is 5.90. The Labute approximate surface area is 107 Å². The van der Waals surface area contributed by atoms with Gasteiger partial charge in [-0.25, -0.2) is 0 Å². The van der Waals surface area contributed by atoms with E-state index >= 15 is 0 Å². The fourth-order valence-electron chi connectivity index (χ4n) is 1.86. The fourth-order valence-corrected chi connectivity index (χ4v) is 1.86. The van der Waals surface area contributed by atoms with Gasteiger partial charge in [0.15, 0.2) is 0 Å². The van der Waals surface area contributed by atoms with Crippen molar-refractivity contribution >= 4 is 0 Å². The standard InChI is InChI=1S/C16H29N/c1-6-9-10-11-15(7-2)14(5)13(4)12-16(17)8-3/h9-14H,6-8,17H2,1-5H3/b10-9-,15-11+,16-12+. The Morgan fingerprint density at radius 1 is 1.12 bits per heavy atom. The minimum Gasteiger partial charge on any atom is -0.402 e. The molecule has 0 spiro atoms. The van der Waals surface area contributed by atoms with Crippen LogP contribution in [0.3, 0.4) is 0 Å². The van der Waals surface area contributed by atoms with E-state index in [-0.39, 0.29) is 0 Å². The van der Waals surface area contributed by atoms with Crippen LogP contribution in [0, 0.1) is 11.8 Å². The second-order valence-corrected chi connectivity index (χ2v) is 4.67. The van der Waals surface area contributed by atoms with E-state index in [0.717, 1.165) is 25.0 Å². The Bertz CT molecular complexity index is 284. The second-order valence-electron chi connectivity index (χ2n) is 4.67. The van der Waals surface area contributed by atoms with Crippen LogP contribution < -0.4 is 5.73 Å². The summed E-state index contributed by atoms with van der Waals surface area (Å²) in [5.41, 5.74) is 8.41. The highest BCUT2D eigenvalue weighted by molar-refractivity contribution is 5.17. The van der Waals surface area contributed by atoms with Gasteiger partial charge in [0, 0.05) is 5.70 Å². The van der Waals surface area contributed by atoms with Crippen molar-refractivity contribution < 1.29 is 0 Å². The Balaban J connectivity index is 4.68. The molecule has 0 bridgehead atoms. The summed E-state index contributed by atoms with van der Waals surface area (Å²) in [5.74, 6) is 1.07. The molecule has 0 radical (unpaired) electrons. The quantitative estimate of drug-likeness (QED) is 0.629. The molecule has 0 fully saturated rings. The maximum absolute atomic E-state index is 5.90. The van der Waals surface area contributed by atoms with Crippen molar-refractivity contribution in [3.05, 3.63) is 35.6 Å². The first-order valence-corrected chi connectivity index (χ1v) is 6.88. The van der Waals surface area contributed by atoms with Gasteiger partial charge in [0.05, 0.1) is 0 Å². The summed E-state index contributed by atoms with van der Waals surface area (Å²) >= 11 is 0. The van der Waals surface area contributed by atoms with Gasteiger partial charge in [0.25, 0.3) is 0 Å². The molecule has 0 rings (SSSR count). The molecule has 0 amide bonds. The van der Waals surface area contributed by atoms with Gasteiger partial charge in [-0.3, -0.25) is 0 Å². The fraction of sp³-hybridized carbons (Fsp3) is 0.625. The van der Waals surface area contributed by atoms with E-state index in [1.54, 1.807) is 0 Å². The Hall–Kier alpha value is -0.980. The van der Waals surface area contributed by atoms with E-state index in [9.17, 15) is 0 Å². The van der Waals surface area contributed by atoms with Crippen LogP contribution >= 0.6 is 0 Å². The third-order valence-corrected chi connectivity index (χ3v) is 3.35. The van der Waals surface area contributed by atoms with Crippen molar-refractivity contribution in [2.24, 2.45) is 17.6 Å². The number of nitrogens with two attached hydrogens (primary N) is 1. The summed E-state index contributed by atoms with van der Waals surface area (Å²) in [4.78, 5) is 0. The molecule has 2 atom stereocenters. The first kappa shape index (κ1) is 16.0. The molecule has 17 heavy (non-hydrogen) atoms. The summed E-state index contributed by atoms with van der Waals surface area (Å²) in [6.07, 6.45) is 12.0. The van der Waals surface area contributed by atoms with Crippen molar-refractivity contribution in [1.29, 1.82) is 0 Å². The van der Waals surface area contributed by atoms with Crippen molar-refractivity contribution in [2.75, 3.05) is 0 Å². The molecule has 0 aliphatic heterocycles. The van der Waals surface area contributed by atoms with Gasteiger partial charge < -0.3 is 5.73 Å². The molecule has 1 heteroatoms. The highest BCUT2D eigenvalue weighted by Gasteiger charge is 2.13. The van der Waals surface area contributed by atoms with Crippen LogP contribution in [0.5, 0.6) is 0 Å². The lowest BCUT2D eigenvalue weighted by Gasteiger charge is -2.20. The molecule has 2 unspecified atom stereocenters. The molecule has 0 saturated heterocycles. The lowest BCUT2D eigenvalue weighted by atomic mass is 9.86. The van der Waals surface area contributed by atoms with Gasteiger partial charge in [-0.1, -0.05) is 64.5 Å². The molecule has 2 N–H and O–H groups in total. The Morgan fingerprint density at radius 3 is 2.24 bits per heavy atom. The topological polar surface area (TPSA) is 26.0 Å². The van der Waals surface area contributed by atoms with Crippen LogP contribution in [0.4, 0.5) is 0 Å². The Morgan fingerprint density at radius 2 is 1.76 bits per heavy atom. The molecule has 0 saturated carbocycles. The highest BCUT2D eigenvalue weighted by atomic mass is 14.6. The van der Waals surface area contributed by atoms with Crippen molar-refractivity contribution in [2.45, 2.75) is 53.9 Å². The largest absolute Gasteiger partial charge is 0.402 e. The molecular formula is C16H29N. The van der Waals surface area contributed by atoms with Gasteiger partial charge in [0.2, 0.25) is 0 Å². The normalized spacial score (nSPS) is 17.5. The van der Waals surface area contributed by atoms with E-state index in [1.807, 2.05) is 0 Å². The monoisotopic (exact) mass is 235 g/mol. The van der Waals surface area contributed by atoms with Crippen LogP contribution in [-0.2, 0) is 0 Å². The second kappa shape index (κ2) is 9.09. The van der Waals surface area contributed by atoms with Crippen LogP contribution in [0.15, 0.2) is 35.6 Å². The SMILES string of the molecule is CC/C=C\C=C(/CC)C(C)C(C)/C=C(/N)CC. The van der Waals surface area contributed by atoms with E-state index in [2.05, 4.69) is 58.9 Å². The summed E-state index contributed by atoms with van der Waals surface area (Å²) in [6.45, 7) is 11.0. The van der Waals surface area contributed by atoms with E-state index < -0.39 is 0 Å². The highest BCUT2D eigenvalue weighted by Crippen LogP contribution is 2.24. The van der Waals surface area contributed by atoms with Gasteiger partial charge >= 0.3 is 0 Å².